The summed E-state index contributed by atoms with van der Waals surface area (Å²) in [5, 5.41) is 0. The molecule has 0 fully saturated rings. The molecule has 86 valence electrons. The smallest absolute Gasteiger partial charge is 0.284 e. The van der Waals surface area contributed by atoms with Crippen molar-refractivity contribution in [2.75, 3.05) is 7.05 Å². The average Bonchev–Trinajstić information content (AvgIpc) is 2.00. The van der Waals surface area contributed by atoms with E-state index in [1.807, 2.05) is 20.8 Å². The number of allylic oxidation sites excluding steroid dienone is 3. The van der Waals surface area contributed by atoms with Crippen LogP contribution in [0.5, 0.6) is 0 Å². The highest BCUT2D eigenvalue weighted by Crippen LogP contribution is 2.25. The van der Waals surface area contributed by atoms with Gasteiger partial charge in [0.1, 0.15) is 5.71 Å². The molecule has 4 heteroatoms. The zero-order valence-electron chi connectivity index (χ0n) is 9.44. The number of rotatable bonds is 2. The highest BCUT2D eigenvalue weighted by Gasteiger charge is 2.33. The van der Waals surface area contributed by atoms with Crippen LogP contribution in [0.3, 0.4) is 0 Å². The highest BCUT2D eigenvalue weighted by atomic mass is 19.4. The second-order valence-electron chi connectivity index (χ2n) is 4.22. The van der Waals surface area contributed by atoms with Crippen LogP contribution >= 0.6 is 0 Å². The first kappa shape index (κ1) is 13.9. The topological polar surface area (TPSA) is 12.4 Å². The lowest BCUT2D eigenvalue weighted by molar-refractivity contribution is -0.0577. The third-order valence-corrected chi connectivity index (χ3v) is 1.94. The van der Waals surface area contributed by atoms with Gasteiger partial charge in [-0.2, -0.15) is 13.2 Å². The quantitative estimate of drug-likeness (QED) is 0.495. The second kappa shape index (κ2) is 4.64. The lowest BCUT2D eigenvalue weighted by Gasteiger charge is -2.18. The van der Waals surface area contributed by atoms with E-state index in [0.717, 1.165) is 13.1 Å². The Morgan fingerprint density at radius 3 is 1.87 bits per heavy atom. The van der Waals surface area contributed by atoms with Gasteiger partial charge in [-0.1, -0.05) is 33.4 Å². The van der Waals surface area contributed by atoms with Gasteiger partial charge in [-0.05, 0) is 17.1 Å². The van der Waals surface area contributed by atoms with Crippen molar-refractivity contribution in [1.29, 1.82) is 0 Å². The van der Waals surface area contributed by atoms with E-state index in [0.29, 0.717) is 5.57 Å². The van der Waals surface area contributed by atoms with Crippen LogP contribution in [-0.4, -0.2) is 18.9 Å². The highest BCUT2D eigenvalue weighted by molar-refractivity contribution is 5.99. The van der Waals surface area contributed by atoms with E-state index in [2.05, 4.69) is 11.6 Å². The zero-order chi connectivity index (χ0) is 12.3. The molecule has 15 heavy (non-hydrogen) atoms. The minimum Gasteiger partial charge on any atom is -0.284 e. The monoisotopic (exact) mass is 219 g/mol. The van der Waals surface area contributed by atoms with E-state index in [1.54, 1.807) is 0 Å². The summed E-state index contributed by atoms with van der Waals surface area (Å²) in [5.41, 5.74) is -0.498. The predicted octanol–water partition coefficient (Wildman–Crippen LogP) is 3.78. The molecule has 0 aliphatic heterocycles. The summed E-state index contributed by atoms with van der Waals surface area (Å²) < 4.78 is 36.8. The Bertz CT molecular complexity index is 290. The van der Waals surface area contributed by atoms with E-state index >= 15 is 0 Å². The summed E-state index contributed by atoms with van der Waals surface area (Å²) in [6, 6.07) is 0. The molecule has 0 radical (unpaired) electrons. The Morgan fingerprint density at radius 1 is 1.13 bits per heavy atom. The number of halogens is 3. The van der Waals surface area contributed by atoms with Crippen molar-refractivity contribution in [3.05, 3.63) is 24.3 Å². The van der Waals surface area contributed by atoms with Gasteiger partial charge in [-0.25, -0.2) is 0 Å². The minimum absolute atomic E-state index is 0.235. The lowest BCUT2D eigenvalue weighted by atomic mass is 9.87. The van der Waals surface area contributed by atoms with E-state index in [-0.39, 0.29) is 5.41 Å². The van der Waals surface area contributed by atoms with Gasteiger partial charge in [-0.3, -0.25) is 4.99 Å². The maximum Gasteiger partial charge on any atom is 0.432 e. The van der Waals surface area contributed by atoms with Crippen LogP contribution in [-0.2, 0) is 0 Å². The predicted molar refractivity (Wildman–Crippen MR) is 57.1 cm³/mol. The molecule has 0 amide bonds. The largest absolute Gasteiger partial charge is 0.432 e. The van der Waals surface area contributed by atoms with Crippen LogP contribution in [0.4, 0.5) is 13.2 Å². The van der Waals surface area contributed by atoms with E-state index < -0.39 is 11.9 Å². The molecule has 0 bridgehead atoms. The van der Waals surface area contributed by atoms with Gasteiger partial charge >= 0.3 is 6.18 Å². The summed E-state index contributed by atoms with van der Waals surface area (Å²) in [4.78, 5) is 3.18. The maximum atomic E-state index is 12.3. The van der Waals surface area contributed by atoms with Crippen molar-refractivity contribution < 1.29 is 13.2 Å². The molecular weight excluding hydrogens is 203 g/mol. The third kappa shape index (κ3) is 4.81. The molecule has 0 heterocycles. The molecule has 0 spiro atoms. The number of alkyl halides is 3. The van der Waals surface area contributed by atoms with Crippen LogP contribution in [0.15, 0.2) is 29.3 Å². The van der Waals surface area contributed by atoms with Crippen LogP contribution in [0.25, 0.3) is 0 Å². The Hall–Kier alpha value is -1.06. The molecule has 0 aliphatic carbocycles. The van der Waals surface area contributed by atoms with Gasteiger partial charge in [0.25, 0.3) is 0 Å². The van der Waals surface area contributed by atoms with Crippen LogP contribution in [0.2, 0.25) is 0 Å². The summed E-state index contributed by atoms with van der Waals surface area (Å²) in [6.07, 6.45) is -2.09. The Kier molecular flexibility index (Phi) is 4.31. The Balaban J connectivity index is 4.75. The zero-order valence-corrected chi connectivity index (χ0v) is 9.44. The molecule has 0 atom stereocenters. The molecule has 0 rings (SSSR count). The minimum atomic E-state index is -4.40. The van der Waals surface area contributed by atoms with Gasteiger partial charge in [0.2, 0.25) is 0 Å². The molecule has 0 saturated heterocycles. The SMILES string of the molecule is C=C(/C=C\C(=N/C)C(F)(F)F)C(C)(C)C. The van der Waals surface area contributed by atoms with Crippen molar-refractivity contribution in [2.24, 2.45) is 10.4 Å². The summed E-state index contributed by atoms with van der Waals surface area (Å²) in [5.74, 6) is 0. The van der Waals surface area contributed by atoms with Crippen LogP contribution in [0.1, 0.15) is 20.8 Å². The lowest BCUT2D eigenvalue weighted by Crippen LogP contribution is -2.20. The maximum absolute atomic E-state index is 12.3. The molecule has 0 aromatic rings. The Labute approximate surface area is 88.4 Å². The molecule has 1 nitrogen and oxygen atoms in total. The molecule has 0 aromatic heterocycles. The fourth-order valence-electron chi connectivity index (χ4n) is 0.725. The van der Waals surface area contributed by atoms with Crippen molar-refractivity contribution in [1.82, 2.24) is 0 Å². The van der Waals surface area contributed by atoms with Crippen LogP contribution < -0.4 is 0 Å². The Morgan fingerprint density at radius 2 is 1.60 bits per heavy atom. The molecule has 0 aliphatic rings. The molecule has 0 unspecified atom stereocenters. The van der Waals surface area contributed by atoms with Crippen molar-refractivity contribution in [2.45, 2.75) is 26.9 Å². The molecule has 0 N–H and O–H groups in total. The fourth-order valence-corrected chi connectivity index (χ4v) is 0.725. The average molecular weight is 219 g/mol. The van der Waals surface area contributed by atoms with Gasteiger partial charge in [-0.15, -0.1) is 0 Å². The third-order valence-electron chi connectivity index (χ3n) is 1.94. The first-order valence-electron chi connectivity index (χ1n) is 4.50. The molecule has 0 aromatic carbocycles. The number of aliphatic imine (C=N–C) groups is 1. The molecule has 0 saturated carbocycles. The number of hydrogen-bond acceptors (Lipinski definition) is 1. The van der Waals surface area contributed by atoms with Crippen molar-refractivity contribution >= 4 is 5.71 Å². The van der Waals surface area contributed by atoms with Gasteiger partial charge in [0, 0.05) is 7.05 Å². The normalized spacial score (nSPS) is 14.7. The van der Waals surface area contributed by atoms with Crippen molar-refractivity contribution in [3.63, 3.8) is 0 Å². The first-order chi connectivity index (χ1) is 6.59. The van der Waals surface area contributed by atoms with E-state index in [9.17, 15) is 13.2 Å². The summed E-state index contributed by atoms with van der Waals surface area (Å²) in [6.45, 7) is 9.36. The van der Waals surface area contributed by atoms with Gasteiger partial charge in [0.15, 0.2) is 0 Å². The van der Waals surface area contributed by atoms with E-state index in [4.69, 9.17) is 0 Å². The van der Waals surface area contributed by atoms with Crippen LogP contribution in [0, 0.1) is 5.41 Å². The summed E-state index contributed by atoms with van der Waals surface area (Å²) >= 11 is 0. The number of hydrogen-bond donors (Lipinski definition) is 0. The molecular formula is C11H16F3N. The standard InChI is InChI=1S/C11H16F3N/c1-8(10(2,3)4)6-7-9(15-5)11(12,13)14/h6-7H,1H2,2-5H3/b7-6-,15-9+. The second-order valence-corrected chi connectivity index (χ2v) is 4.22. The first-order valence-corrected chi connectivity index (χ1v) is 4.50. The summed E-state index contributed by atoms with van der Waals surface area (Å²) in [7, 11) is 1.12. The van der Waals surface area contributed by atoms with Crippen molar-refractivity contribution in [3.8, 4) is 0 Å². The number of nitrogens with zero attached hydrogens (tertiary/aromatic N) is 1. The van der Waals surface area contributed by atoms with E-state index in [1.165, 1.54) is 6.08 Å². The van der Waals surface area contributed by atoms with Gasteiger partial charge in [0.05, 0.1) is 0 Å². The fraction of sp³-hybridized carbons (Fsp3) is 0.545. The van der Waals surface area contributed by atoms with Gasteiger partial charge < -0.3 is 0 Å².